The topological polar surface area (TPSA) is 113 Å². The van der Waals surface area contributed by atoms with E-state index in [1.165, 1.54) is 6.92 Å². The quantitative estimate of drug-likeness (QED) is 0.499. The third-order valence-electron chi connectivity index (χ3n) is 5.44. The normalized spacial score (nSPS) is 12.2. The number of carboxylic acid groups (broad SMARTS) is 1. The SMILES string of the molecule is Cc1cc2oc(=O)c(CC(=O)N[C@@H](C)C(=O)[O-])c(C)c2c2occ(-c3ccccc3)c12. The van der Waals surface area contributed by atoms with E-state index in [1.807, 2.05) is 37.3 Å². The average Bonchev–Trinajstić information content (AvgIpc) is 3.17. The summed E-state index contributed by atoms with van der Waals surface area (Å²) < 4.78 is 11.4. The largest absolute Gasteiger partial charge is 0.548 e. The highest BCUT2D eigenvalue weighted by Crippen LogP contribution is 2.38. The Morgan fingerprint density at radius 2 is 1.84 bits per heavy atom. The molecule has 2 aromatic carbocycles. The lowest BCUT2D eigenvalue weighted by Gasteiger charge is -2.15. The van der Waals surface area contributed by atoms with Gasteiger partial charge in [-0.25, -0.2) is 4.79 Å². The highest BCUT2D eigenvalue weighted by molar-refractivity contribution is 6.11. The predicted octanol–water partition coefficient (Wildman–Crippen LogP) is 2.62. The fourth-order valence-corrected chi connectivity index (χ4v) is 3.83. The van der Waals surface area contributed by atoms with Gasteiger partial charge >= 0.3 is 5.63 Å². The van der Waals surface area contributed by atoms with E-state index in [-0.39, 0.29) is 12.0 Å². The lowest BCUT2D eigenvalue weighted by Crippen LogP contribution is -2.46. The fourth-order valence-electron chi connectivity index (χ4n) is 3.83. The molecule has 0 saturated carbocycles. The van der Waals surface area contributed by atoms with Crippen LogP contribution in [-0.4, -0.2) is 17.9 Å². The van der Waals surface area contributed by atoms with Crippen LogP contribution in [-0.2, 0) is 16.0 Å². The minimum absolute atomic E-state index is 0.151. The number of carbonyl (C=O) groups is 2. The van der Waals surface area contributed by atoms with E-state index in [1.54, 1.807) is 19.3 Å². The summed E-state index contributed by atoms with van der Waals surface area (Å²) in [5.41, 5.74) is 3.81. The number of aliphatic carboxylic acids is 1. The summed E-state index contributed by atoms with van der Waals surface area (Å²) in [5.74, 6) is -2.02. The standard InChI is InChI=1S/C24H21NO6/c1-12-9-18-21(22-20(12)17(11-30-22)15-7-5-4-6-8-15)13(2)16(24(29)31-18)10-19(26)25-14(3)23(27)28/h4-9,11,14H,10H2,1-3H3,(H,25,26)(H,27,28)/p-1/t14-/m0/s1. The number of carbonyl (C=O) groups excluding carboxylic acids is 2. The Morgan fingerprint density at radius 1 is 1.13 bits per heavy atom. The number of nitrogens with one attached hydrogen (secondary N) is 1. The van der Waals surface area contributed by atoms with Gasteiger partial charge in [-0.1, -0.05) is 30.3 Å². The molecule has 1 atom stereocenters. The molecule has 1 amide bonds. The first-order valence-corrected chi connectivity index (χ1v) is 9.80. The van der Waals surface area contributed by atoms with Crippen LogP contribution in [0.25, 0.3) is 33.1 Å². The van der Waals surface area contributed by atoms with Gasteiger partial charge in [-0.3, -0.25) is 4.79 Å². The van der Waals surface area contributed by atoms with Gasteiger partial charge in [-0.05, 0) is 43.5 Å². The zero-order valence-electron chi connectivity index (χ0n) is 17.3. The van der Waals surface area contributed by atoms with Crippen molar-refractivity contribution in [1.29, 1.82) is 0 Å². The first kappa shape index (κ1) is 20.4. The summed E-state index contributed by atoms with van der Waals surface area (Å²) in [5, 5.41) is 14.7. The van der Waals surface area contributed by atoms with Gasteiger partial charge in [0.2, 0.25) is 5.91 Å². The molecule has 4 aromatic rings. The molecule has 0 aliphatic carbocycles. The molecule has 0 aliphatic heterocycles. The van der Waals surface area contributed by atoms with Crippen molar-refractivity contribution < 1.29 is 23.5 Å². The minimum atomic E-state index is -1.41. The van der Waals surface area contributed by atoms with E-state index in [4.69, 9.17) is 8.83 Å². The van der Waals surface area contributed by atoms with Gasteiger partial charge in [0, 0.05) is 10.9 Å². The van der Waals surface area contributed by atoms with Gasteiger partial charge in [0.1, 0.15) is 11.2 Å². The molecular formula is C24H20NO6-. The second-order valence-electron chi connectivity index (χ2n) is 7.56. The molecule has 0 bridgehead atoms. The van der Waals surface area contributed by atoms with Crippen LogP contribution < -0.4 is 16.0 Å². The van der Waals surface area contributed by atoms with Crippen molar-refractivity contribution in [2.75, 3.05) is 0 Å². The number of benzene rings is 2. The van der Waals surface area contributed by atoms with Crippen molar-refractivity contribution in [2.45, 2.75) is 33.2 Å². The second kappa shape index (κ2) is 7.75. The van der Waals surface area contributed by atoms with Gasteiger partial charge in [0.25, 0.3) is 0 Å². The van der Waals surface area contributed by atoms with Crippen LogP contribution in [0.1, 0.15) is 23.6 Å². The number of hydrogen-bond acceptors (Lipinski definition) is 6. The Bertz CT molecular complexity index is 1380. The molecule has 2 heterocycles. The summed E-state index contributed by atoms with van der Waals surface area (Å²) in [6.45, 7) is 4.94. The Morgan fingerprint density at radius 3 is 2.52 bits per heavy atom. The molecular weight excluding hydrogens is 398 g/mol. The molecule has 158 valence electrons. The maximum Gasteiger partial charge on any atom is 0.340 e. The van der Waals surface area contributed by atoms with Crippen LogP contribution >= 0.6 is 0 Å². The first-order valence-electron chi connectivity index (χ1n) is 9.80. The average molecular weight is 418 g/mol. The Balaban J connectivity index is 1.88. The van der Waals surface area contributed by atoms with Crippen LogP contribution in [0.15, 0.2) is 56.3 Å². The van der Waals surface area contributed by atoms with Gasteiger partial charge in [0.05, 0.1) is 35.6 Å². The molecule has 0 aliphatic rings. The van der Waals surface area contributed by atoms with Crippen LogP contribution in [0.4, 0.5) is 0 Å². The number of aryl methyl sites for hydroxylation is 2. The van der Waals surface area contributed by atoms with E-state index in [9.17, 15) is 19.5 Å². The Labute approximate surface area is 177 Å². The van der Waals surface area contributed by atoms with Crippen molar-refractivity contribution >= 4 is 33.8 Å². The van der Waals surface area contributed by atoms with Crippen molar-refractivity contribution in [2.24, 2.45) is 0 Å². The zero-order valence-corrected chi connectivity index (χ0v) is 17.3. The maximum atomic E-state index is 12.6. The van der Waals surface area contributed by atoms with Gasteiger partial charge in [-0.2, -0.15) is 0 Å². The fraction of sp³-hybridized carbons (Fsp3) is 0.208. The molecule has 0 spiro atoms. The van der Waals surface area contributed by atoms with E-state index in [2.05, 4.69) is 5.32 Å². The number of fused-ring (bicyclic) bond motifs is 3. The molecule has 1 N–H and O–H groups in total. The summed E-state index contributed by atoms with van der Waals surface area (Å²) in [6.07, 6.45) is 1.36. The number of furan rings is 1. The van der Waals surface area contributed by atoms with Crippen LogP contribution in [0.3, 0.4) is 0 Å². The van der Waals surface area contributed by atoms with Gasteiger partial charge < -0.3 is 24.1 Å². The number of carboxylic acids is 1. The molecule has 0 radical (unpaired) electrons. The summed E-state index contributed by atoms with van der Waals surface area (Å²) in [6, 6.07) is 10.4. The summed E-state index contributed by atoms with van der Waals surface area (Å²) >= 11 is 0. The van der Waals surface area contributed by atoms with Gasteiger partial charge in [-0.15, -0.1) is 0 Å². The van der Waals surface area contributed by atoms with Crippen LogP contribution in [0.2, 0.25) is 0 Å². The third kappa shape index (κ3) is 3.59. The molecule has 7 heteroatoms. The van der Waals surface area contributed by atoms with E-state index < -0.39 is 23.5 Å². The zero-order chi connectivity index (χ0) is 22.3. The number of rotatable bonds is 5. The van der Waals surface area contributed by atoms with Crippen LogP contribution in [0, 0.1) is 13.8 Å². The summed E-state index contributed by atoms with van der Waals surface area (Å²) in [4.78, 5) is 35.7. The molecule has 0 unspecified atom stereocenters. The highest BCUT2D eigenvalue weighted by atomic mass is 16.4. The smallest absolute Gasteiger partial charge is 0.340 e. The number of amides is 1. The molecule has 0 fully saturated rings. The minimum Gasteiger partial charge on any atom is -0.548 e. The van der Waals surface area contributed by atoms with Gasteiger partial charge in [0.15, 0.2) is 0 Å². The van der Waals surface area contributed by atoms with Crippen molar-refractivity contribution in [1.82, 2.24) is 5.32 Å². The first-order chi connectivity index (χ1) is 14.8. The van der Waals surface area contributed by atoms with Crippen molar-refractivity contribution in [3.63, 3.8) is 0 Å². The lowest BCUT2D eigenvalue weighted by atomic mass is 9.96. The van der Waals surface area contributed by atoms with Crippen molar-refractivity contribution in [3.8, 4) is 11.1 Å². The highest BCUT2D eigenvalue weighted by Gasteiger charge is 2.21. The molecule has 4 rings (SSSR count). The van der Waals surface area contributed by atoms with Crippen molar-refractivity contribution in [3.05, 3.63) is 69.8 Å². The van der Waals surface area contributed by atoms with Crippen LogP contribution in [0.5, 0.6) is 0 Å². The molecule has 7 nitrogen and oxygen atoms in total. The van der Waals surface area contributed by atoms with E-state index >= 15 is 0 Å². The Hall–Kier alpha value is -3.87. The lowest BCUT2D eigenvalue weighted by molar-refractivity contribution is -0.307. The number of hydrogen-bond donors (Lipinski definition) is 1. The molecule has 2 aromatic heterocycles. The maximum absolute atomic E-state index is 12.6. The Kier molecular flexibility index (Phi) is 5.10. The third-order valence-corrected chi connectivity index (χ3v) is 5.44. The second-order valence-corrected chi connectivity index (χ2v) is 7.56. The monoisotopic (exact) mass is 418 g/mol. The molecule has 31 heavy (non-hydrogen) atoms. The predicted molar refractivity (Wildman–Crippen MR) is 113 cm³/mol. The van der Waals surface area contributed by atoms with E-state index in [0.29, 0.717) is 22.1 Å². The van der Waals surface area contributed by atoms with E-state index in [0.717, 1.165) is 22.1 Å². The summed E-state index contributed by atoms with van der Waals surface area (Å²) in [7, 11) is 0. The molecule has 0 saturated heterocycles.